The monoisotopic (exact) mass is 256 g/mol. The highest BCUT2D eigenvalue weighted by Crippen LogP contribution is 2.21. The van der Waals surface area contributed by atoms with E-state index in [1.165, 1.54) is 12.3 Å². The summed E-state index contributed by atoms with van der Waals surface area (Å²) in [4.78, 5) is 19.7. The molecule has 0 saturated heterocycles. The van der Waals surface area contributed by atoms with Crippen LogP contribution < -0.4 is 5.63 Å². The fourth-order valence-corrected chi connectivity index (χ4v) is 1.94. The lowest BCUT2D eigenvalue weighted by Crippen LogP contribution is -2.05. The molecule has 0 aliphatic heterocycles. The SMILES string of the molecule is Cc1cccc2nc(-c3cccnc3F)oc(=O)c12. The van der Waals surface area contributed by atoms with E-state index in [0.29, 0.717) is 10.9 Å². The van der Waals surface area contributed by atoms with Crippen LogP contribution in [0.15, 0.2) is 45.7 Å². The maximum atomic E-state index is 13.6. The second-order valence-corrected chi connectivity index (χ2v) is 4.12. The van der Waals surface area contributed by atoms with Gasteiger partial charge in [0, 0.05) is 6.20 Å². The van der Waals surface area contributed by atoms with Gasteiger partial charge in [-0.3, -0.25) is 0 Å². The summed E-state index contributed by atoms with van der Waals surface area (Å²) in [6.07, 6.45) is 1.32. The Hall–Kier alpha value is -2.56. The van der Waals surface area contributed by atoms with Gasteiger partial charge in [0.1, 0.15) is 0 Å². The Morgan fingerprint density at radius 3 is 2.84 bits per heavy atom. The molecule has 0 bridgehead atoms. The van der Waals surface area contributed by atoms with E-state index in [-0.39, 0.29) is 11.5 Å². The van der Waals surface area contributed by atoms with Gasteiger partial charge in [-0.25, -0.2) is 14.8 Å². The van der Waals surface area contributed by atoms with Crippen molar-refractivity contribution in [1.82, 2.24) is 9.97 Å². The molecule has 0 aliphatic carbocycles. The van der Waals surface area contributed by atoms with Gasteiger partial charge < -0.3 is 4.42 Å². The van der Waals surface area contributed by atoms with E-state index in [0.717, 1.165) is 5.56 Å². The number of fused-ring (bicyclic) bond motifs is 1. The highest BCUT2D eigenvalue weighted by atomic mass is 19.1. The molecule has 2 heterocycles. The molecule has 3 aromatic rings. The molecule has 0 fully saturated rings. The average molecular weight is 256 g/mol. The molecule has 19 heavy (non-hydrogen) atoms. The van der Waals surface area contributed by atoms with E-state index in [4.69, 9.17) is 4.42 Å². The van der Waals surface area contributed by atoms with Gasteiger partial charge in [-0.15, -0.1) is 0 Å². The van der Waals surface area contributed by atoms with Crippen LogP contribution in [0, 0.1) is 12.9 Å². The van der Waals surface area contributed by atoms with Crippen molar-refractivity contribution in [3.8, 4) is 11.5 Å². The number of hydrogen-bond donors (Lipinski definition) is 0. The average Bonchev–Trinajstić information content (AvgIpc) is 2.39. The minimum atomic E-state index is -0.717. The molecular weight excluding hydrogens is 247 g/mol. The van der Waals surface area contributed by atoms with E-state index in [2.05, 4.69) is 9.97 Å². The van der Waals surface area contributed by atoms with Gasteiger partial charge >= 0.3 is 5.63 Å². The van der Waals surface area contributed by atoms with Crippen LogP contribution in [0.4, 0.5) is 4.39 Å². The zero-order chi connectivity index (χ0) is 13.4. The molecule has 4 nitrogen and oxygen atoms in total. The van der Waals surface area contributed by atoms with Crippen molar-refractivity contribution in [1.29, 1.82) is 0 Å². The molecular formula is C14H9FN2O2. The standard InChI is InChI=1S/C14H9FN2O2/c1-8-4-2-6-10-11(8)14(18)19-13(17-10)9-5-3-7-16-12(9)15/h2-7H,1H3. The first-order valence-corrected chi connectivity index (χ1v) is 5.68. The van der Waals surface area contributed by atoms with Crippen molar-refractivity contribution in [2.75, 3.05) is 0 Å². The predicted octanol–water partition coefficient (Wildman–Crippen LogP) is 2.70. The number of rotatable bonds is 1. The first-order chi connectivity index (χ1) is 9.16. The van der Waals surface area contributed by atoms with Crippen molar-refractivity contribution >= 4 is 10.9 Å². The number of aromatic nitrogens is 2. The van der Waals surface area contributed by atoms with Crippen molar-refractivity contribution < 1.29 is 8.81 Å². The lowest BCUT2D eigenvalue weighted by Gasteiger charge is -2.03. The fourth-order valence-electron chi connectivity index (χ4n) is 1.94. The zero-order valence-corrected chi connectivity index (χ0v) is 10.1. The Balaban J connectivity index is 2.34. The fraction of sp³-hybridized carbons (Fsp3) is 0.0714. The lowest BCUT2D eigenvalue weighted by atomic mass is 10.1. The second-order valence-electron chi connectivity index (χ2n) is 4.12. The molecule has 0 saturated carbocycles. The minimum absolute atomic E-state index is 0.0614. The van der Waals surface area contributed by atoms with E-state index in [9.17, 15) is 9.18 Å². The Bertz CT molecular complexity index is 827. The maximum absolute atomic E-state index is 13.6. The third-order valence-corrected chi connectivity index (χ3v) is 2.86. The maximum Gasteiger partial charge on any atom is 0.347 e. The smallest absolute Gasteiger partial charge is 0.347 e. The predicted molar refractivity (Wildman–Crippen MR) is 68.2 cm³/mol. The van der Waals surface area contributed by atoms with Crippen LogP contribution in [0.2, 0.25) is 0 Å². The third-order valence-electron chi connectivity index (χ3n) is 2.86. The molecule has 1 aromatic carbocycles. The summed E-state index contributed by atoms with van der Waals surface area (Å²) in [6, 6.07) is 8.30. The van der Waals surface area contributed by atoms with Crippen LogP contribution in [0.5, 0.6) is 0 Å². The summed E-state index contributed by atoms with van der Waals surface area (Å²) in [6.45, 7) is 1.80. The third kappa shape index (κ3) is 1.89. The van der Waals surface area contributed by atoms with Gasteiger partial charge in [-0.2, -0.15) is 4.39 Å². The van der Waals surface area contributed by atoms with E-state index in [1.807, 2.05) is 0 Å². The minimum Gasteiger partial charge on any atom is -0.403 e. The molecule has 5 heteroatoms. The van der Waals surface area contributed by atoms with Gasteiger partial charge in [0.05, 0.1) is 16.5 Å². The molecule has 2 aromatic heterocycles. The summed E-state index contributed by atoms with van der Waals surface area (Å²) in [7, 11) is 0. The second kappa shape index (κ2) is 4.28. The number of benzene rings is 1. The van der Waals surface area contributed by atoms with Gasteiger partial charge in [0.15, 0.2) is 0 Å². The topological polar surface area (TPSA) is 56.0 Å². The zero-order valence-electron chi connectivity index (χ0n) is 10.1. The molecule has 94 valence electrons. The Morgan fingerprint density at radius 2 is 2.05 bits per heavy atom. The van der Waals surface area contributed by atoms with Crippen molar-refractivity contribution in [2.45, 2.75) is 6.92 Å². The molecule has 0 spiro atoms. The number of halogens is 1. The van der Waals surface area contributed by atoms with Crippen molar-refractivity contribution in [2.24, 2.45) is 0 Å². The van der Waals surface area contributed by atoms with Crippen LogP contribution in [0.3, 0.4) is 0 Å². The highest BCUT2D eigenvalue weighted by molar-refractivity contribution is 5.81. The van der Waals surface area contributed by atoms with Gasteiger partial charge in [-0.05, 0) is 30.7 Å². The molecule has 0 unspecified atom stereocenters. The first kappa shape index (κ1) is 11.5. The highest BCUT2D eigenvalue weighted by Gasteiger charge is 2.13. The molecule has 0 N–H and O–H groups in total. The quantitative estimate of drug-likeness (QED) is 0.628. The summed E-state index contributed by atoms with van der Waals surface area (Å²) in [5.74, 6) is -0.779. The van der Waals surface area contributed by atoms with E-state index < -0.39 is 11.6 Å². The van der Waals surface area contributed by atoms with Crippen molar-refractivity contribution in [3.05, 3.63) is 58.5 Å². The molecule has 0 atom stereocenters. The van der Waals surface area contributed by atoms with Crippen LogP contribution in [0.1, 0.15) is 5.56 Å². The summed E-state index contributed by atoms with van der Waals surface area (Å²) < 4.78 is 18.7. The van der Waals surface area contributed by atoms with Gasteiger partial charge in [-0.1, -0.05) is 12.1 Å². The van der Waals surface area contributed by atoms with Gasteiger partial charge in [0.25, 0.3) is 0 Å². The number of aryl methyl sites for hydroxylation is 1. The van der Waals surface area contributed by atoms with E-state index in [1.54, 1.807) is 31.2 Å². The van der Waals surface area contributed by atoms with Crippen LogP contribution in [-0.2, 0) is 0 Å². The van der Waals surface area contributed by atoms with E-state index >= 15 is 0 Å². The van der Waals surface area contributed by atoms with Gasteiger partial charge in [0.2, 0.25) is 11.8 Å². The molecule has 0 amide bonds. The van der Waals surface area contributed by atoms with Crippen LogP contribution in [0.25, 0.3) is 22.4 Å². The van der Waals surface area contributed by atoms with Crippen LogP contribution in [-0.4, -0.2) is 9.97 Å². The number of nitrogens with zero attached hydrogens (tertiary/aromatic N) is 2. The molecule has 0 aliphatic rings. The Labute approximate surface area is 107 Å². The normalized spacial score (nSPS) is 10.8. The Kier molecular flexibility index (Phi) is 2.59. The first-order valence-electron chi connectivity index (χ1n) is 5.68. The molecule has 3 rings (SSSR count). The largest absolute Gasteiger partial charge is 0.403 e. The molecule has 0 radical (unpaired) electrons. The lowest BCUT2D eigenvalue weighted by molar-refractivity contribution is 0.507. The number of pyridine rings is 1. The summed E-state index contributed by atoms with van der Waals surface area (Å²) in [5, 5.41) is 0.413. The van der Waals surface area contributed by atoms with Crippen LogP contribution >= 0.6 is 0 Å². The van der Waals surface area contributed by atoms with Crippen molar-refractivity contribution in [3.63, 3.8) is 0 Å². The summed E-state index contributed by atoms with van der Waals surface area (Å²) >= 11 is 0. The number of hydrogen-bond acceptors (Lipinski definition) is 4. The summed E-state index contributed by atoms with van der Waals surface area (Å²) in [5.41, 5.74) is 0.802. The Morgan fingerprint density at radius 1 is 1.21 bits per heavy atom.